The molecule has 0 unspecified atom stereocenters. The molecule has 0 aliphatic heterocycles. The van der Waals surface area contributed by atoms with Gasteiger partial charge in [-0.1, -0.05) is 53.2 Å². The fourth-order valence-electron chi connectivity index (χ4n) is 1.94. The number of halogens is 1. The van der Waals surface area contributed by atoms with E-state index in [-0.39, 0.29) is 10.9 Å². The third-order valence-electron chi connectivity index (χ3n) is 3.03. The first-order valence-electron chi connectivity index (χ1n) is 6.36. The molecule has 0 bridgehead atoms. The monoisotopic (exact) mass is 353 g/mol. The lowest BCUT2D eigenvalue weighted by molar-refractivity contribution is 0.550. The van der Waals surface area contributed by atoms with Gasteiger partial charge in [0.25, 0.3) is 0 Å². The lowest BCUT2D eigenvalue weighted by Crippen LogP contribution is -2.28. The Bertz CT molecular complexity index is 654. The summed E-state index contributed by atoms with van der Waals surface area (Å²) in [6.07, 6.45) is 0.694. The molecule has 106 valence electrons. The minimum absolute atomic E-state index is 0.218. The Morgan fingerprint density at radius 3 is 2.20 bits per heavy atom. The van der Waals surface area contributed by atoms with Crippen molar-refractivity contribution in [1.82, 2.24) is 4.72 Å². The highest BCUT2D eigenvalue weighted by atomic mass is 79.9. The summed E-state index contributed by atoms with van der Waals surface area (Å²) < 4.78 is 28.3. The fraction of sp³-hybridized carbons (Fsp3) is 0.200. The molecule has 1 N–H and O–H groups in total. The topological polar surface area (TPSA) is 46.2 Å². The highest BCUT2D eigenvalue weighted by Gasteiger charge is 2.19. The summed E-state index contributed by atoms with van der Waals surface area (Å²) in [6, 6.07) is 16.0. The van der Waals surface area contributed by atoms with Gasteiger partial charge in [0.15, 0.2) is 0 Å². The van der Waals surface area contributed by atoms with Crippen LogP contribution in [0.5, 0.6) is 0 Å². The Morgan fingerprint density at radius 2 is 1.65 bits per heavy atom. The molecule has 0 saturated carbocycles. The molecule has 0 aliphatic rings. The number of benzene rings is 2. The zero-order chi connectivity index (χ0) is 14.6. The van der Waals surface area contributed by atoms with Crippen LogP contribution in [0.25, 0.3) is 0 Å². The second-order valence-corrected chi connectivity index (χ2v) is 7.08. The van der Waals surface area contributed by atoms with Crippen molar-refractivity contribution >= 4 is 26.0 Å². The van der Waals surface area contributed by atoms with E-state index in [2.05, 4.69) is 20.7 Å². The van der Waals surface area contributed by atoms with Crippen molar-refractivity contribution in [2.45, 2.75) is 24.3 Å². The summed E-state index contributed by atoms with van der Waals surface area (Å²) in [5, 5.41) is 0. The van der Waals surface area contributed by atoms with E-state index >= 15 is 0 Å². The Labute approximate surface area is 128 Å². The van der Waals surface area contributed by atoms with Gasteiger partial charge in [-0.3, -0.25) is 0 Å². The maximum atomic E-state index is 12.4. The van der Waals surface area contributed by atoms with Gasteiger partial charge in [-0.25, -0.2) is 13.1 Å². The molecule has 0 fully saturated rings. The van der Waals surface area contributed by atoms with Gasteiger partial charge in [-0.15, -0.1) is 0 Å². The van der Waals surface area contributed by atoms with E-state index in [4.69, 9.17) is 0 Å². The predicted molar refractivity (Wildman–Crippen MR) is 83.9 cm³/mol. The number of rotatable bonds is 5. The molecular formula is C15H16BrNO2S. The second-order valence-electron chi connectivity index (χ2n) is 4.45. The van der Waals surface area contributed by atoms with Crippen molar-refractivity contribution in [2.24, 2.45) is 0 Å². The first-order chi connectivity index (χ1) is 9.53. The molecule has 2 aromatic rings. The van der Waals surface area contributed by atoms with E-state index in [9.17, 15) is 8.42 Å². The van der Waals surface area contributed by atoms with Crippen molar-refractivity contribution in [2.75, 3.05) is 0 Å². The molecule has 2 aromatic carbocycles. The quantitative estimate of drug-likeness (QED) is 0.886. The minimum atomic E-state index is -3.51. The van der Waals surface area contributed by atoms with Crippen LogP contribution in [0.4, 0.5) is 0 Å². The summed E-state index contributed by atoms with van der Waals surface area (Å²) >= 11 is 3.30. The number of nitrogens with one attached hydrogen (secondary N) is 1. The largest absolute Gasteiger partial charge is 0.241 e. The third-order valence-corrected chi connectivity index (χ3v) is 5.05. The molecule has 0 aromatic heterocycles. The van der Waals surface area contributed by atoms with Crippen LogP contribution in [0.15, 0.2) is 64.0 Å². The van der Waals surface area contributed by atoms with Crippen LogP contribution in [0.3, 0.4) is 0 Å². The van der Waals surface area contributed by atoms with Gasteiger partial charge < -0.3 is 0 Å². The lowest BCUT2D eigenvalue weighted by atomic mass is 10.1. The van der Waals surface area contributed by atoms with Crippen LogP contribution >= 0.6 is 15.9 Å². The summed E-state index contributed by atoms with van der Waals surface area (Å²) in [6.45, 7) is 1.96. The van der Waals surface area contributed by atoms with E-state index < -0.39 is 10.0 Å². The smallest absolute Gasteiger partial charge is 0.207 e. The van der Waals surface area contributed by atoms with Crippen LogP contribution in [0.1, 0.15) is 24.9 Å². The van der Waals surface area contributed by atoms with Crippen LogP contribution in [0.2, 0.25) is 0 Å². The Balaban J connectivity index is 2.24. The van der Waals surface area contributed by atoms with Crippen LogP contribution in [-0.2, 0) is 10.0 Å². The highest BCUT2D eigenvalue weighted by molar-refractivity contribution is 9.10. The van der Waals surface area contributed by atoms with Crippen molar-refractivity contribution in [3.05, 3.63) is 64.6 Å². The van der Waals surface area contributed by atoms with E-state index in [0.717, 1.165) is 10.0 Å². The fourth-order valence-corrected chi connectivity index (χ4v) is 3.51. The van der Waals surface area contributed by atoms with E-state index in [1.165, 1.54) is 0 Å². The van der Waals surface area contributed by atoms with Gasteiger partial charge in [0.1, 0.15) is 0 Å². The minimum Gasteiger partial charge on any atom is -0.207 e. The zero-order valence-electron chi connectivity index (χ0n) is 11.1. The molecule has 2 rings (SSSR count). The Kier molecular flexibility index (Phi) is 4.96. The third kappa shape index (κ3) is 3.69. The summed E-state index contributed by atoms with van der Waals surface area (Å²) in [7, 11) is -3.51. The standard InChI is InChI=1S/C15H16BrNO2S/c1-2-15(12-6-4-3-5-7-12)17-20(18,19)14-10-8-13(16)9-11-14/h3-11,15,17H,2H2,1H3/t15-/m0/s1. The molecule has 5 heteroatoms. The van der Waals surface area contributed by atoms with Crippen LogP contribution in [0, 0.1) is 0 Å². The number of hydrogen-bond donors (Lipinski definition) is 1. The summed E-state index contributed by atoms with van der Waals surface area (Å²) in [4.78, 5) is 0.273. The maximum Gasteiger partial charge on any atom is 0.241 e. The molecule has 0 saturated heterocycles. The van der Waals surface area contributed by atoms with Crippen molar-refractivity contribution in [3.8, 4) is 0 Å². The molecular weight excluding hydrogens is 338 g/mol. The molecule has 1 atom stereocenters. The van der Waals surface area contributed by atoms with Gasteiger partial charge in [0, 0.05) is 10.5 Å². The van der Waals surface area contributed by atoms with Gasteiger partial charge in [-0.2, -0.15) is 0 Å². The lowest BCUT2D eigenvalue weighted by Gasteiger charge is -2.17. The second kappa shape index (κ2) is 6.52. The average Bonchev–Trinajstić information content (AvgIpc) is 2.46. The van der Waals surface area contributed by atoms with Gasteiger partial charge in [0.2, 0.25) is 10.0 Å². The van der Waals surface area contributed by atoms with Gasteiger partial charge in [0.05, 0.1) is 4.90 Å². The molecule has 0 amide bonds. The summed E-state index contributed by atoms with van der Waals surface area (Å²) in [5.41, 5.74) is 0.968. The van der Waals surface area contributed by atoms with Crippen molar-refractivity contribution < 1.29 is 8.42 Å². The Morgan fingerprint density at radius 1 is 1.05 bits per heavy atom. The molecule has 3 nitrogen and oxygen atoms in total. The number of sulfonamides is 1. The molecule has 0 radical (unpaired) electrons. The normalized spacial score (nSPS) is 13.1. The van der Waals surface area contributed by atoms with Crippen LogP contribution < -0.4 is 4.72 Å². The van der Waals surface area contributed by atoms with E-state index in [1.807, 2.05) is 37.3 Å². The molecule has 20 heavy (non-hydrogen) atoms. The molecule has 0 aliphatic carbocycles. The van der Waals surface area contributed by atoms with E-state index in [1.54, 1.807) is 24.3 Å². The van der Waals surface area contributed by atoms with Crippen LogP contribution in [-0.4, -0.2) is 8.42 Å². The highest BCUT2D eigenvalue weighted by Crippen LogP contribution is 2.21. The zero-order valence-corrected chi connectivity index (χ0v) is 13.5. The van der Waals surface area contributed by atoms with Crippen molar-refractivity contribution in [3.63, 3.8) is 0 Å². The first-order valence-corrected chi connectivity index (χ1v) is 8.63. The first kappa shape index (κ1) is 15.2. The molecule has 0 spiro atoms. The van der Waals surface area contributed by atoms with Gasteiger partial charge >= 0.3 is 0 Å². The number of hydrogen-bond acceptors (Lipinski definition) is 2. The average molecular weight is 354 g/mol. The molecule has 0 heterocycles. The predicted octanol–water partition coefficient (Wildman–Crippen LogP) is 3.88. The SMILES string of the molecule is CC[C@H](NS(=O)(=O)c1ccc(Br)cc1)c1ccccc1. The van der Waals surface area contributed by atoms with Crippen molar-refractivity contribution in [1.29, 1.82) is 0 Å². The van der Waals surface area contributed by atoms with E-state index in [0.29, 0.717) is 6.42 Å². The Hall–Kier alpha value is -1.17. The maximum absolute atomic E-state index is 12.4. The summed E-state index contributed by atoms with van der Waals surface area (Å²) in [5.74, 6) is 0. The van der Waals surface area contributed by atoms with Gasteiger partial charge in [-0.05, 0) is 36.2 Å².